The van der Waals surface area contributed by atoms with Gasteiger partial charge in [0.25, 0.3) is 0 Å². The molecule has 3 heterocycles. The summed E-state index contributed by atoms with van der Waals surface area (Å²) >= 11 is 0. The molecule has 0 atom stereocenters. The molecule has 2 aromatic heterocycles. The minimum absolute atomic E-state index is 0.261. The highest BCUT2D eigenvalue weighted by Gasteiger charge is 2.17. The number of hydrogen-bond donors (Lipinski definition) is 0. The van der Waals surface area contributed by atoms with Crippen molar-refractivity contribution in [3.8, 4) is 5.69 Å². The molecule has 8 heteroatoms. The van der Waals surface area contributed by atoms with Crippen molar-refractivity contribution in [3.63, 3.8) is 0 Å². The topological polar surface area (TPSA) is 55.0 Å². The first kappa shape index (κ1) is 16.9. The number of aromatic nitrogens is 5. The van der Waals surface area contributed by atoms with Crippen LogP contribution in [0.4, 0.5) is 4.39 Å². The van der Waals surface area contributed by atoms with Crippen molar-refractivity contribution in [2.24, 2.45) is 0 Å². The molecule has 1 aliphatic rings. The van der Waals surface area contributed by atoms with E-state index in [4.69, 9.17) is 0 Å². The summed E-state index contributed by atoms with van der Waals surface area (Å²) in [5, 5.41) is 8.45. The summed E-state index contributed by atoms with van der Waals surface area (Å²) in [5.41, 5.74) is 1.58. The minimum Gasteiger partial charge on any atom is -0.299 e. The number of halogens is 1. The Morgan fingerprint density at radius 1 is 0.962 bits per heavy atom. The highest BCUT2D eigenvalue weighted by molar-refractivity contribution is 5.32. The van der Waals surface area contributed by atoms with Crippen LogP contribution in [0.1, 0.15) is 5.56 Å². The zero-order valence-electron chi connectivity index (χ0n) is 14.6. The van der Waals surface area contributed by atoms with Crippen molar-refractivity contribution < 1.29 is 4.39 Å². The molecule has 4 rings (SSSR count). The van der Waals surface area contributed by atoms with E-state index in [-0.39, 0.29) is 5.82 Å². The second-order valence-corrected chi connectivity index (χ2v) is 6.52. The molecule has 26 heavy (non-hydrogen) atoms. The van der Waals surface area contributed by atoms with Gasteiger partial charge >= 0.3 is 0 Å². The van der Waals surface area contributed by atoms with E-state index in [9.17, 15) is 4.39 Å². The molecule has 0 bridgehead atoms. The first-order valence-corrected chi connectivity index (χ1v) is 8.83. The van der Waals surface area contributed by atoms with Crippen LogP contribution in [0.15, 0.2) is 49.3 Å². The maximum Gasteiger partial charge on any atom is 0.148 e. The van der Waals surface area contributed by atoms with Gasteiger partial charge in [-0.1, -0.05) is 12.1 Å². The van der Waals surface area contributed by atoms with Crippen molar-refractivity contribution in [2.75, 3.05) is 32.7 Å². The first-order valence-electron chi connectivity index (χ1n) is 8.83. The summed E-state index contributed by atoms with van der Waals surface area (Å²) < 4.78 is 17.3. The maximum atomic E-state index is 13.9. The molecule has 0 saturated carbocycles. The minimum atomic E-state index is -0.261. The molecule has 1 aromatic carbocycles. The van der Waals surface area contributed by atoms with Crippen LogP contribution in [0.3, 0.4) is 0 Å². The van der Waals surface area contributed by atoms with Gasteiger partial charge in [-0.3, -0.25) is 14.5 Å². The average molecular weight is 355 g/mol. The van der Waals surface area contributed by atoms with Gasteiger partial charge in [0.2, 0.25) is 0 Å². The van der Waals surface area contributed by atoms with Crippen LogP contribution in [0, 0.1) is 5.82 Å². The molecule has 0 spiro atoms. The van der Waals surface area contributed by atoms with E-state index in [1.54, 1.807) is 29.5 Å². The fourth-order valence-electron chi connectivity index (χ4n) is 3.23. The molecule has 1 saturated heterocycles. The van der Waals surface area contributed by atoms with E-state index in [1.165, 1.54) is 6.07 Å². The van der Waals surface area contributed by atoms with Gasteiger partial charge in [-0.2, -0.15) is 10.2 Å². The first-order chi connectivity index (χ1) is 12.8. The van der Waals surface area contributed by atoms with E-state index < -0.39 is 0 Å². The number of para-hydroxylation sites is 1. The zero-order valence-corrected chi connectivity index (χ0v) is 14.6. The third-order valence-electron chi connectivity index (χ3n) is 4.72. The van der Waals surface area contributed by atoms with Crippen molar-refractivity contribution in [3.05, 3.63) is 60.7 Å². The van der Waals surface area contributed by atoms with Gasteiger partial charge in [0.1, 0.15) is 24.2 Å². The van der Waals surface area contributed by atoms with E-state index in [0.29, 0.717) is 5.69 Å². The predicted molar refractivity (Wildman–Crippen MR) is 95.3 cm³/mol. The maximum absolute atomic E-state index is 13.9. The lowest BCUT2D eigenvalue weighted by Gasteiger charge is -2.34. The van der Waals surface area contributed by atoms with Crippen molar-refractivity contribution in [2.45, 2.75) is 13.1 Å². The van der Waals surface area contributed by atoms with Gasteiger partial charge in [-0.05, 0) is 12.1 Å². The highest BCUT2D eigenvalue weighted by Crippen LogP contribution is 2.14. The molecule has 7 nitrogen and oxygen atoms in total. The molecule has 136 valence electrons. The van der Waals surface area contributed by atoms with E-state index >= 15 is 0 Å². The lowest BCUT2D eigenvalue weighted by atomic mass is 10.2. The lowest BCUT2D eigenvalue weighted by Crippen LogP contribution is -2.46. The number of piperazine rings is 1. The van der Waals surface area contributed by atoms with Crippen LogP contribution in [0.2, 0.25) is 0 Å². The monoisotopic (exact) mass is 355 g/mol. The number of rotatable bonds is 6. The van der Waals surface area contributed by atoms with Crippen molar-refractivity contribution >= 4 is 0 Å². The normalized spacial score (nSPS) is 16.2. The predicted octanol–water partition coefficient (Wildman–Crippen LogP) is 1.42. The van der Waals surface area contributed by atoms with Gasteiger partial charge in [0, 0.05) is 51.0 Å². The largest absolute Gasteiger partial charge is 0.299 e. The second-order valence-electron chi connectivity index (χ2n) is 6.52. The van der Waals surface area contributed by atoms with Gasteiger partial charge in [-0.25, -0.2) is 14.1 Å². The van der Waals surface area contributed by atoms with Crippen molar-refractivity contribution in [1.29, 1.82) is 0 Å². The Kier molecular flexibility index (Phi) is 5.03. The SMILES string of the molecule is Fc1ccccc1-n1cc(CN2CCN(CCn3cncn3)CC2)cn1. The second kappa shape index (κ2) is 7.76. The summed E-state index contributed by atoms with van der Waals surface area (Å²) in [4.78, 5) is 8.82. The number of hydrogen-bond acceptors (Lipinski definition) is 5. The zero-order chi connectivity index (χ0) is 17.8. The average Bonchev–Trinajstić information content (AvgIpc) is 3.34. The van der Waals surface area contributed by atoms with Gasteiger partial charge in [0.05, 0.1) is 12.7 Å². The Morgan fingerprint density at radius 3 is 2.54 bits per heavy atom. The molecule has 0 radical (unpaired) electrons. The molecule has 0 unspecified atom stereocenters. The number of benzene rings is 1. The fourth-order valence-corrected chi connectivity index (χ4v) is 3.23. The van der Waals surface area contributed by atoms with Crippen LogP contribution in [-0.2, 0) is 13.1 Å². The Bertz CT molecular complexity index is 822. The summed E-state index contributed by atoms with van der Waals surface area (Å²) in [6, 6.07) is 6.69. The molecular weight excluding hydrogens is 333 g/mol. The van der Waals surface area contributed by atoms with Gasteiger partial charge in [-0.15, -0.1) is 0 Å². The molecule has 0 N–H and O–H groups in total. The molecule has 3 aromatic rings. The quantitative estimate of drug-likeness (QED) is 0.669. The smallest absolute Gasteiger partial charge is 0.148 e. The van der Waals surface area contributed by atoms with Crippen LogP contribution >= 0.6 is 0 Å². The molecular formula is C18H22FN7. The van der Waals surface area contributed by atoms with Crippen molar-refractivity contribution in [1.82, 2.24) is 34.3 Å². The third-order valence-corrected chi connectivity index (χ3v) is 4.72. The summed E-state index contributed by atoms with van der Waals surface area (Å²) in [7, 11) is 0. The Balaban J connectivity index is 1.28. The highest BCUT2D eigenvalue weighted by atomic mass is 19.1. The Hall–Kier alpha value is -2.58. The van der Waals surface area contributed by atoms with E-state index in [0.717, 1.165) is 51.4 Å². The van der Waals surface area contributed by atoms with Gasteiger partial charge in [0.15, 0.2) is 0 Å². The fraction of sp³-hybridized carbons (Fsp3) is 0.389. The summed E-state index contributed by atoms with van der Waals surface area (Å²) in [6.07, 6.45) is 7.06. The van der Waals surface area contributed by atoms with Crippen LogP contribution in [0.25, 0.3) is 5.69 Å². The number of nitrogens with zero attached hydrogens (tertiary/aromatic N) is 7. The third kappa shape index (κ3) is 3.97. The lowest BCUT2D eigenvalue weighted by molar-refractivity contribution is 0.123. The van der Waals surface area contributed by atoms with Gasteiger partial charge < -0.3 is 0 Å². The van der Waals surface area contributed by atoms with Crippen LogP contribution < -0.4 is 0 Å². The molecule has 1 aliphatic heterocycles. The summed E-state index contributed by atoms with van der Waals surface area (Å²) in [5.74, 6) is -0.261. The standard InChI is InChI=1S/C18H22FN7/c19-17-3-1-2-4-18(17)26-13-16(11-21-26)12-24-7-5-23(6-8-24)9-10-25-15-20-14-22-25/h1-4,11,13-15H,5-10,12H2. The van der Waals surface area contributed by atoms with Crippen LogP contribution in [-0.4, -0.2) is 67.1 Å². The molecule has 0 aliphatic carbocycles. The van der Waals surface area contributed by atoms with E-state index in [2.05, 4.69) is 25.0 Å². The van der Waals surface area contributed by atoms with Crippen LogP contribution in [0.5, 0.6) is 0 Å². The summed E-state index contributed by atoms with van der Waals surface area (Å²) in [6.45, 7) is 6.81. The van der Waals surface area contributed by atoms with E-state index in [1.807, 2.05) is 23.1 Å². The Labute approximate surface area is 151 Å². The molecule has 0 amide bonds. The Morgan fingerprint density at radius 2 is 1.77 bits per heavy atom. The molecule has 1 fully saturated rings.